The molecular formula is C16H34N2. The number of hydrogen-bond acceptors (Lipinski definition) is 2. The lowest BCUT2D eigenvalue weighted by molar-refractivity contribution is 0.159. The summed E-state index contributed by atoms with van der Waals surface area (Å²) in [6.45, 7) is 6.84. The largest absolute Gasteiger partial charge is 0.330 e. The van der Waals surface area contributed by atoms with Gasteiger partial charge in [0.05, 0.1) is 0 Å². The molecule has 0 amide bonds. The van der Waals surface area contributed by atoms with E-state index in [1.54, 1.807) is 0 Å². The quantitative estimate of drug-likeness (QED) is 0.716. The number of hydrogen-bond donors (Lipinski definition) is 1. The van der Waals surface area contributed by atoms with Crippen LogP contribution in [0, 0.1) is 11.8 Å². The van der Waals surface area contributed by atoms with Crippen LogP contribution in [0.4, 0.5) is 0 Å². The summed E-state index contributed by atoms with van der Waals surface area (Å²) >= 11 is 0. The standard InChI is InChI=1S/C16H34N2/c1-4-15(10-11-17)8-6-12-18(3)16-9-5-7-14(2)13-16/h14-16H,4-13,17H2,1-3H3. The van der Waals surface area contributed by atoms with Gasteiger partial charge in [-0.15, -0.1) is 0 Å². The van der Waals surface area contributed by atoms with Crippen molar-refractivity contribution in [3.8, 4) is 0 Å². The van der Waals surface area contributed by atoms with E-state index >= 15 is 0 Å². The number of rotatable bonds is 8. The summed E-state index contributed by atoms with van der Waals surface area (Å²) in [6.07, 6.45) is 10.9. The Morgan fingerprint density at radius 1 is 1.28 bits per heavy atom. The van der Waals surface area contributed by atoms with Gasteiger partial charge in [0, 0.05) is 6.04 Å². The Kier molecular flexibility index (Phi) is 7.92. The highest BCUT2D eigenvalue weighted by Crippen LogP contribution is 2.27. The fraction of sp³-hybridized carbons (Fsp3) is 1.00. The minimum absolute atomic E-state index is 0.850. The topological polar surface area (TPSA) is 29.3 Å². The zero-order valence-corrected chi connectivity index (χ0v) is 12.8. The van der Waals surface area contributed by atoms with Crippen LogP contribution in [0.2, 0.25) is 0 Å². The Morgan fingerprint density at radius 3 is 2.67 bits per heavy atom. The highest BCUT2D eigenvalue weighted by Gasteiger charge is 2.21. The van der Waals surface area contributed by atoms with Crippen molar-refractivity contribution < 1.29 is 0 Å². The average Bonchev–Trinajstić information content (AvgIpc) is 2.37. The Bertz CT molecular complexity index is 205. The molecule has 3 unspecified atom stereocenters. The van der Waals surface area contributed by atoms with Gasteiger partial charge in [-0.05, 0) is 64.1 Å². The van der Waals surface area contributed by atoms with E-state index in [1.807, 2.05) is 0 Å². The van der Waals surface area contributed by atoms with E-state index in [1.165, 1.54) is 57.9 Å². The van der Waals surface area contributed by atoms with Gasteiger partial charge < -0.3 is 10.6 Å². The Morgan fingerprint density at radius 2 is 2.06 bits per heavy atom. The summed E-state index contributed by atoms with van der Waals surface area (Å²) in [5.41, 5.74) is 5.66. The van der Waals surface area contributed by atoms with E-state index < -0.39 is 0 Å². The smallest absolute Gasteiger partial charge is 0.00947 e. The van der Waals surface area contributed by atoms with E-state index in [4.69, 9.17) is 5.73 Å². The molecule has 1 saturated carbocycles. The van der Waals surface area contributed by atoms with Crippen molar-refractivity contribution in [2.24, 2.45) is 17.6 Å². The summed E-state index contributed by atoms with van der Waals surface area (Å²) in [5.74, 6) is 1.79. The molecule has 0 aromatic carbocycles. The van der Waals surface area contributed by atoms with Crippen LogP contribution in [0.1, 0.15) is 65.2 Å². The first kappa shape index (κ1) is 16.0. The van der Waals surface area contributed by atoms with Crippen molar-refractivity contribution in [1.82, 2.24) is 4.90 Å². The molecule has 108 valence electrons. The lowest BCUT2D eigenvalue weighted by atomic mass is 9.86. The van der Waals surface area contributed by atoms with Crippen molar-refractivity contribution in [2.75, 3.05) is 20.1 Å². The Balaban J connectivity index is 2.17. The SMILES string of the molecule is CCC(CCN)CCCN(C)C1CCCC(C)C1. The van der Waals surface area contributed by atoms with Crippen LogP contribution >= 0.6 is 0 Å². The van der Waals surface area contributed by atoms with Gasteiger partial charge in [-0.1, -0.05) is 33.1 Å². The molecule has 0 heterocycles. The number of nitrogens with zero attached hydrogens (tertiary/aromatic N) is 1. The fourth-order valence-electron chi connectivity index (χ4n) is 3.40. The average molecular weight is 254 g/mol. The zero-order valence-electron chi connectivity index (χ0n) is 12.8. The minimum atomic E-state index is 0.850. The van der Waals surface area contributed by atoms with Crippen LogP contribution in [0.5, 0.6) is 0 Å². The summed E-state index contributed by atoms with van der Waals surface area (Å²) in [6, 6.07) is 0.850. The second-order valence-electron chi connectivity index (χ2n) is 6.40. The molecule has 2 nitrogen and oxygen atoms in total. The molecule has 0 aliphatic heterocycles. The van der Waals surface area contributed by atoms with Crippen LogP contribution in [0.3, 0.4) is 0 Å². The maximum absolute atomic E-state index is 5.66. The molecular weight excluding hydrogens is 220 g/mol. The molecule has 0 spiro atoms. The fourth-order valence-corrected chi connectivity index (χ4v) is 3.40. The third-order valence-electron chi connectivity index (χ3n) is 4.81. The Labute approximate surface area is 114 Å². The van der Waals surface area contributed by atoms with Crippen LogP contribution in [0.25, 0.3) is 0 Å². The number of nitrogens with two attached hydrogens (primary N) is 1. The van der Waals surface area contributed by atoms with E-state index in [0.29, 0.717) is 0 Å². The van der Waals surface area contributed by atoms with E-state index in [0.717, 1.165) is 24.4 Å². The van der Waals surface area contributed by atoms with E-state index in [-0.39, 0.29) is 0 Å². The molecule has 1 rings (SSSR count). The maximum atomic E-state index is 5.66. The Hall–Kier alpha value is -0.0800. The molecule has 0 radical (unpaired) electrons. The first-order valence-corrected chi connectivity index (χ1v) is 8.07. The summed E-state index contributed by atoms with van der Waals surface area (Å²) < 4.78 is 0. The molecule has 0 saturated heterocycles. The monoisotopic (exact) mass is 254 g/mol. The first-order valence-electron chi connectivity index (χ1n) is 8.07. The van der Waals surface area contributed by atoms with Crippen LogP contribution in [-0.2, 0) is 0 Å². The normalized spacial score (nSPS) is 26.5. The van der Waals surface area contributed by atoms with Crippen molar-refractivity contribution >= 4 is 0 Å². The van der Waals surface area contributed by atoms with Crippen molar-refractivity contribution in [3.63, 3.8) is 0 Å². The van der Waals surface area contributed by atoms with Gasteiger partial charge in [-0.25, -0.2) is 0 Å². The lowest BCUT2D eigenvalue weighted by Crippen LogP contribution is -2.36. The summed E-state index contributed by atoms with van der Waals surface area (Å²) in [7, 11) is 2.33. The minimum Gasteiger partial charge on any atom is -0.330 e. The summed E-state index contributed by atoms with van der Waals surface area (Å²) in [4.78, 5) is 2.62. The van der Waals surface area contributed by atoms with Gasteiger partial charge >= 0.3 is 0 Å². The van der Waals surface area contributed by atoms with E-state index in [2.05, 4.69) is 25.8 Å². The van der Waals surface area contributed by atoms with Crippen molar-refractivity contribution in [2.45, 2.75) is 71.3 Å². The summed E-state index contributed by atoms with van der Waals surface area (Å²) in [5, 5.41) is 0. The van der Waals surface area contributed by atoms with Crippen LogP contribution < -0.4 is 5.73 Å². The molecule has 1 fully saturated rings. The molecule has 0 aromatic rings. The highest BCUT2D eigenvalue weighted by atomic mass is 15.1. The molecule has 18 heavy (non-hydrogen) atoms. The molecule has 3 atom stereocenters. The molecule has 2 N–H and O–H groups in total. The molecule has 2 heteroatoms. The highest BCUT2D eigenvalue weighted by molar-refractivity contribution is 4.77. The molecule has 0 bridgehead atoms. The van der Waals surface area contributed by atoms with Gasteiger partial charge in [0.15, 0.2) is 0 Å². The third kappa shape index (κ3) is 5.71. The molecule has 1 aliphatic rings. The van der Waals surface area contributed by atoms with Crippen molar-refractivity contribution in [3.05, 3.63) is 0 Å². The van der Waals surface area contributed by atoms with Crippen LogP contribution in [0.15, 0.2) is 0 Å². The van der Waals surface area contributed by atoms with Gasteiger partial charge in [0.25, 0.3) is 0 Å². The first-order chi connectivity index (χ1) is 8.67. The second kappa shape index (κ2) is 8.92. The van der Waals surface area contributed by atoms with E-state index in [9.17, 15) is 0 Å². The molecule has 0 aromatic heterocycles. The van der Waals surface area contributed by atoms with Crippen molar-refractivity contribution in [1.29, 1.82) is 0 Å². The van der Waals surface area contributed by atoms with Gasteiger partial charge in [0.2, 0.25) is 0 Å². The predicted octanol–water partition coefficient (Wildman–Crippen LogP) is 3.65. The zero-order chi connectivity index (χ0) is 13.4. The lowest BCUT2D eigenvalue weighted by Gasteiger charge is -2.34. The van der Waals surface area contributed by atoms with Gasteiger partial charge in [0.1, 0.15) is 0 Å². The third-order valence-corrected chi connectivity index (χ3v) is 4.81. The van der Waals surface area contributed by atoms with Gasteiger partial charge in [-0.3, -0.25) is 0 Å². The van der Waals surface area contributed by atoms with Crippen LogP contribution in [-0.4, -0.2) is 31.1 Å². The molecule has 1 aliphatic carbocycles. The maximum Gasteiger partial charge on any atom is 0.00947 e. The predicted molar refractivity (Wildman–Crippen MR) is 80.7 cm³/mol. The second-order valence-corrected chi connectivity index (χ2v) is 6.40. The van der Waals surface area contributed by atoms with Gasteiger partial charge in [-0.2, -0.15) is 0 Å².